The van der Waals surface area contributed by atoms with Crippen molar-refractivity contribution in [2.75, 3.05) is 29.5 Å². The second-order valence-corrected chi connectivity index (χ2v) is 10.0. The maximum atomic E-state index is 13.1. The molecule has 2 N–H and O–H groups in total. The Hall–Kier alpha value is -5.08. The Bertz CT molecular complexity index is 1550. The molecule has 0 saturated carbocycles. The number of rotatable bonds is 11. The van der Waals surface area contributed by atoms with Crippen molar-refractivity contribution in [1.82, 2.24) is 5.32 Å². The van der Waals surface area contributed by atoms with E-state index in [1.54, 1.807) is 24.3 Å². The Morgan fingerprint density at radius 2 is 1.44 bits per heavy atom. The van der Waals surface area contributed by atoms with E-state index >= 15 is 0 Å². The van der Waals surface area contributed by atoms with Crippen molar-refractivity contribution < 1.29 is 55.4 Å². The van der Waals surface area contributed by atoms with Crippen LogP contribution in [0.1, 0.15) is 23.1 Å². The highest BCUT2D eigenvalue weighted by Gasteiger charge is 2.38. The van der Waals surface area contributed by atoms with Crippen molar-refractivity contribution >= 4 is 34.9 Å². The van der Waals surface area contributed by atoms with Crippen LogP contribution in [0.15, 0.2) is 72.8 Å². The van der Waals surface area contributed by atoms with E-state index in [1.165, 1.54) is 0 Å². The molecule has 0 spiro atoms. The Labute approximate surface area is 252 Å². The number of carbonyl (C=O) groups excluding carboxylic acids is 3. The number of hydrogen-bond donors (Lipinski definition) is 2. The van der Waals surface area contributed by atoms with Crippen LogP contribution >= 0.6 is 0 Å². The van der Waals surface area contributed by atoms with Gasteiger partial charge >= 0.3 is 18.3 Å². The number of Topliss-reactive ketones (excluding diaryl/α,β-unsaturated/α-hetero) is 1. The van der Waals surface area contributed by atoms with Crippen molar-refractivity contribution in [2.45, 2.75) is 31.4 Å². The minimum atomic E-state index is -5.16. The maximum absolute atomic E-state index is 13.1. The van der Waals surface area contributed by atoms with Crippen molar-refractivity contribution in [3.63, 3.8) is 0 Å². The van der Waals surface area contributed by atoms with Gasteiger partial charge < -0.3 is 20.1 Å². The van der Waals surface area contributed by atoms with Crippen LogP contribution in [0.4, 0.5) is 37.7 Å². The molecule has 1 atom stereocenters. The van der Waals surface area contributed by atoms with Gasteiger partial charge in [-0.15, -0.1) is 0 Å². The zero-order valence-corrected chi connectivity index (χ0v) is 23.2. The lowest BCUT2D eigenvalue weighted by molar-refractivity contribution is -0.143. The first-order chi connectivity index (χ1) is 21.1. The number of nitrogens with one attached hydrogen (secondary N) is 1. The molecule has 9 nitrogen and oxygen atoms in total. The summed E-state index contributed by atoms with van der Waals surface area (Å²) < 4.78 is 83.8. The van der Waals surface area contributed by atoms with E-state index in [2.05, 4.69) is 5.32 Å². The Morgan fingerprint density at radius 1 is 0.867 bits per heavy atom. The van der Waals surface area contributed by atoms with Crippen molar-refractivity contribution in [3.05, 3.63) is 89.5 Å². The van der Waals surface area contributed by atoms with Gasteiger partial charge in [0.1, 0.15) is 24.9 Å². The molecule has 0 aliphatic carbocycles. The number of ketones is 1. The molecule has 2 amide bonds. The molecule has 0 saturated heterocycles. The Balaban J connectivity index is 1.47. The predicted molar refractivity (Wildman–Crippen MR) is 147 cm³/mol. The lowest BCUT2D eigenvalue weighted by atomic mass is 10.1. The number of carbonyl (C=O) groups is 4. The fraction of sp³-hybridized carbons (Fsp3) is 0.267. The van der Waals surface area contributed by atoms with Gasteiger partial charge in [-0.3, -0.25) is 24.1 Å². The normalized spacial score (nSPS) is 14.0. The van der Waals surface area contributed by atoms with Crippen LogP contribution < -0.4 is 19.9 Å². The van der Waals surface area contributed by atoms with Crippen molar-refractivity contribution in [1.29, 1.82) is 0 Å². The van der Waals surface area contributed by atoms with Crippen LogP contribution in [0, 0.1) is 0 Å². The summed E-state index contributed by atoms with van der Waals surface area (Å²) in [6.45, 7) is -1.46. The number of hydrogen-bond acceptors (Lipinski definition) is 6. The molecular formula is C30H25F6N3O6. The number of para-hydroxylation sites is 2. The second-order valence-electron chi connectivity index (χ2n) is 10.0. The van der Waals surface area contributed by atoms with Crippen molar-refractivity contribution in [3.8, 4) is 5.75 Å². The van der Waals surface area contributed by atoms with Gasteiger partial charge in [0.05, 0.1) is 35.5 Å². The average molecular weight is 638 g/mol. The van der Waals surface area contributed by atoms with E-state index in [-0.39, 0.29) is 24.7 Å². The van der Waals surface area contributed by atoms with Crippen LogP contribution in [0.3, 0.4) is 0 Å². The maximum Gasteiger partial charge on any atom is 0.416 e. The highest BCUT2D eigenvalue weighted by atomic mass is 19.4. The molecule has 3 aromatic rings. The molecule has 0 bridgehead atoms. The standard InChI is InChI=1S/C30H25F6N3O6/c31-29(32,33)19-10-20(30(34,35)36)12-21(11-19)45-17-25(40)22(13-28(43)44)37-26(41)15-39-24-9-5-4-8-23(24)38(16-27(39)42)14-18-6-2-1-3-7-18/h1-12,22H,13-17H2,(H,37,41)(H,43,44)/t22-/m0/s1. The Morgan fingerprint density at radius 3 is 2.02 bits per heavy atom. The number of ether oxygens (including phenoxy) is 1. The molecule has 1 heterocycles. The summed E-state index contributed by atoms with van der Waals surface area (Å²) >= 11 is 0. The van der Waals surface area contributed by atoms with Crippen LogP contribution in [0.25, 0.3) is 0 Å². The monoisotopic (exact) mass is 637 g/mol. The highest BCUT2D eigenvalue weighted by molar-refractivity contribution is 6.06. The smallest absolute Gasteiger partial charge is 0.416 e. The number of carboxylic acids is 1. The number of halogens is 6. The summed E-state index contributed by atoms with van der Waals surface area (Å²) in [4.78, 5) is 53.2. The molecule has 1 aliphatic heterocycles. The van der Waals surface area contributed by atoms with E-state index in [0.29, 0.717) is 17.9 Å². The highest BCUT2D eigenvalue weighted by Crippen LogP contribution is 2.38. The van der Waals surface area contributed by atoms with Gasteiger partial charge in [-0.1, -0.05) is 42.5 Å². The number of anilines is 2. The molecule has 0 unspecified atom stereocenters. The summed E-state index contributed by atoms with van der Waals surface area (Å²) in [6.07, 6.45) is -11.3. The van der Waals surface area contributed by atoms with Gasteiger partial charge in [0.15, 0.2) is 5.78 Å². The quantitative estimate of drug-likeness (QED) is 0.293. The third-order valence-electron chi connectivity index (χ3n) is 6.70. The van der Waals surface area contributed by atoms with Crippen LogP contribution in [0.5, 0.6) is 5.75 Å². The number of amides is 2. The van der Waals surface area contributed by atoms with Gasteiger partial charge in [0, 0.05) is 6.54 Å². The van der Waals surface area contributed by atoms with Crippen LogP contribution in [-0.2, 0) is 38.1 Å². The summed E-state index contributed by atoms with van der Waals surface area (Å²) in [6, 6.07) is 14.7. The van der Waals surface area contributed by atoms with Gasteiger partial charge in [0.25, 0.3) is 0 Å². The summed E-state index contributed by atoms with van der Waals surface area (Å²) in [7, 11) is 0. The molecule has 15 heteroatoms. The minimum Gasteiger partial charge on any atom is -0.486 e. The zero-order chi connectivity index (χ0) is 32.9. The van der Waals surface area contributed by atoms with Gasteiger partial charge in [-0.2, -0.15) is 26.3 Å². The van der Waals surface area contributed by atoms with E-state index < -0.39 is 78.4 Å². The summed E-state index contributed by atoms with van der Waals surface area (Å²) in [5.41, 5.74) is -1.40. The van der Waals surface area contributed by atoms with E-state index in [1.807, 2.05) is 35.2 Å². The first-order valence-corrected chi connectivity index (χ1v) is 13.3. The van der Waals surface area contributed by atoms with Gasteiger partial charge in [-0.25, -0.2) is 0 Å². The third-order valence-corrected chi connectivity index (χ3v) is 6.70. The number of aliphatic carboxylic acids is 1. The fourth-order valence-corrected chi connectivity index (χ4v) is 4.61. The van der Waals surface area contributed by atoms with Crippen molar-refractivity contribution in [2.24, 2.45) is 0 Å². The molecule has 0 fully saturated rings. The molecule has 4 rings (SSSR count). The number of alkyl halides is 6. The number of fused-ring (bicyclic) bond motifs is 1. The minimum absolute atomic E-state index is 0.0958. The number of nitrogens with zero attached hydrogens (tertiary/aromatic N) is 2. The molecule has 1 aliphatic rings. The SMILES string of the molecule is O=C(O)C[C@H](NC(=O)CN1C(=O)CN(Cc2ccccc2)c2ccccc21)C(=O)COc1cc(C(F)(F)F)cc(C(F)(F)F)c1. The fourth-order valence-electron chi connectivity index (χ4n) is 4.61. The molecule has 0 aromatic heterocycles. The van der Waals surface area contributed by atoms with Crippen LogP contribution in [-0.4, -0.2) is 54.4 Å². The predicted octanol–water partition coefficient (Wildman–Crippen LogP) is 4.69. The number of carboxylic acid groups (broad SMARTS) is 1. The molecule has 3 aromatic carbocycles. The Kier molecular flexibility index (Phi) is 9.69. The largest absolute Gasteiger partial charge is 0.486 e. The molecular weight excluding hydrogens is 612 g/mol. The lowest BCUT2D eigenvalue weighted by Gasteiger charge is -2.37. The van der Waals surface area contributed by atoms with Crippen LogP contribution in [0.2, 0.25) is 0 Å². The topological polar surface area (TPSA) is 116 Å². The lowest BCUT2D eigenvalue weighted by Crippen LogP contribution is -2.52. The molecule has 238 valence electrons. The van der Waals surface area contributed by atoms with E-state index in [4.69, 9.17) is 4.74 Å². The van der Waals surface area contributed by atoms with Gasteiger partial charge in [0.2, 0.25) is 11.8 Å². The molecule has 0 radical (unpaired) electrons. The summed E-state index contributed by atoms with van der Waals surface area (Å²) in [5.74, 6) is -5.03. The first kappa shape index (κ1) is 32.8. The van der Waals surface area contributed by atoms with E-state index in [9.17, 15) is 50.6 Å². The third kappa shape index (κ3) is 8.52. The van der Waals surface area contributed by atoms with Gasteiger partial charge in [-0.05, 0) is 35.9 Å². The first-order valence-electron chi connectivity index (χ1n) is 13.3. The summed E-state index contributed by atoms with van der Waals surface area (Å²) in [5, 5.41) is 11.5. The number of benzene rings is 3. The average Bonchev–Trinajstić information content (AvgIpc) is 2.97. The zero-order valence-electron chi connectivity index (χ0n) is 23.2. The molecule has 45 heavy (non-hydrogen) atoms. The van der Waals surface area contributed by atoms with E-state index in [0.717, 1.165) is 10.5 Å². The second kappa shape index (κ2) is 13.3.